The van der Waals surface area contributed by atoms with Crippen LogP contribution in [0.15, 0.2) is 42.5 Å². The Kier molecular flexibility index (Phi) is 5.43. The van der Waals surface area contributed by atoms with Crippen molar-refractivity contribution < 1.29 is 14.3 Å². The molecule has 0 amide bonds. The SMILES string of the molecule is Cc1cc(C)cc(OCC(=O)OCc2cc3ccc(C)cc3nc2Cl)c1. The molecule has 26 heavy (non-hydrogen) atoms. The van der Waals surface area contributed by atoms with Gasteiger partial charge in [-0.1, -0.05) is 29.8 Å². The molecule has 3 rings (SSSR count). The summed E-state index contributed by atoms with van der Waals surface area (Å²) in [5.41, 5.74) is 4.77. The van der Waals surface area contributed by atoms with Crippen LogP contribution in [0.2, 0.25) is 5.15 Å². The van der Waals surface area contributed by atoms with E-state index in [4.69, 9.17) is 21.1 Å². The number of carbonyl (C=O) groups excluding carboxylic acids is 1. The average molecular weight is 370 g/mol. The molecule has 0 aliphatic rings. The maximum Gasteiger partial charge on any atom is 0.344 e. The van der Waals surface area contributed by atoms with E-state index in [2.05, 4.69) is 4.98 Å². The second-order valence-corrected chi connectivity index (χ2v) is 6.77. The number of hydrogen-bond donors (Lipinski definition) is 0. The summed E-state index contributed by atoms with van der Waals surface area (Å²) in [4.78, 5) is 16.3. The molecular formula is C21H20ClNO3. The molecule has 5 heteroatoms. The lowest BCUT2D eigenvalue weighted by molar-refractivity contribution is -0.147. The number of aromatic nitrogens is 1. The van der Waals surface area contributed by atoms with Crippen LogP contribution >= 0.6 is 11.6 Å². The first-order valence-electron chi connectivity index (χ1n) is 8.33. The summed E-state index contributed by atoms with van der Waals surface area (Å²) in [5, 5.41) is 1.30. The van der Waals surface area contributed by atoms with Crippen molar-refractivity contribution in [3.05, 3.63) is 69.9 Å². The van der Waals surface area contributed by atoms with Crippen LogP contribution in [0.5, 0.6) is 5.75 Å². The van der Waals surface area contributed by atoms with Crippen LogP contribution in [0.3, 0.4) is 0 Å². The van der Waals surface area contributed by atoms with Gasteiger partial charge in [0.2, 0.25) is 0 Å². The van der Waals surface area contributed by atoms with Crippen LogP contribution in [-0.4, -0.2) is 17.6 Å². The van der Waals surface area contributed by atoms with E-state index in [-0.39, 0.29) is 13.2 Å². The molecule has 0 spiro atoms. The topological polar surface area (TPSA) is 48.4 Å². The quantitative estimate of drug-likeness (QED) is 0.472. The van der Waals surface area contributed by atoms with Gasteiger partial charge < -0.3 is 9.47 Å². The molecule has 0 aliphatic carbocycles. The van der Waals surface area contributed by atoms with Gasteiger partial charge in [-0.3, -0.25) is 0 Å². The summed E-state index contributed by atoms with van der Waals surface area (Å²) < 4.78 is 10.8. The Morgan fingerprint density at radius 1 is 1.00 bits per heavy atom. The molecule has 2 aromatic carbocycles. The summed E-state index contributed by atoms with van der Waals surface area (Å²) in [6.45, 7) is 5.87. The molecule has 1 heterocycles. The highest BCUT2D eigenvalue weighted by atomic mass is 35.5. The molecule has 0 unspecified atom stereocenters. The Balaban J connectivity index is 1.61. The van der Waals surface area contributed by atoms with Crippen molar-refractivity contribution in [2.45, 2.75) is 27.4 Å². The van der Waals surface area contributed by atoms with Gasteiger partial charge >= 0.3 is 5.97 Å². The highest BCUT2D eigenvalue weighted by Gasteiger charge is 2.10. The van der Waals surface area contributed by atoms with Gasteiger partial charge in [0.25, 0.3) is 0 Å². The molecule has 0 saturated heterocycles. The number of ether oxygens (including phenoxy) is 2. The highest BCUT2D eigenvalue weighted by Crippen LogP contribution is 2.22. The Morgan fingerprint density at radius 3 is 2.46 bits per heavy atom. The van der Waals surface area contributed by atoms with Crippen molar-refractivity contribution in [2.24, 2.45) is 0 Å². The van der Waals surface area contributed by atoms with Crippen LogP contribution < -0.4 is 4.74 Å². The number of hydrogen-bond acceptors (Lipinski definition) is 4. The Bertz CT molecular complexity index is 949. The van der Waals surface area contributed by atoms with Gasteiger partial charge in [0, 0.05) is 10.9 Å². The first kappa shape index (κ1) is 18.2. The zero-order chi connectivity index (χ0) is 18.7. The van der Waals surface area contributed by atoms with Crippen LogP contribution in [0.25, 0.3) is 10.9 Å². The highest BCUT2D eigenvalue weighted by molar-refractivity contribution is 6.30. The van der Waals surface area contributed by atoms with Crippen LogP contribution in [-0.2, 0) is 16.1 Å². The molecule has 3 aromatic rings. The fourth-order valence-electron chi connectivity index (χ4n) is 2.76. The van der Waals surface area contributed by atoms with Gasteiger partial charge in [-0.25, -0.2) is 9.78 Å². The average Bonchev–Trinajstić information content (AvgIpc) is 2.57. The van der Waals surface area contributed by atoms with E-state index in [1.807, 2.05) is 63.2 Å². The van der Waals surface area contributed by atoms with E-state index < -0.39 is 5.97 Å². The van der Waals surface area contributed by atoms with Gasteiger partial charge in [-0.05, 0) is 61.7 Å². The third-order valence-electron chi connectivity index (χ3n) is 3.94. The van der Waals surface area contributed by atoms with Crippen LogP contribution in [0.1, 0.15) is 22.3 Å². The fourth-order valence-corrected chi connectivity index (χ4v) is 2.96. The lowest BCUT2D eigenvalue weighted by atomic mass is 10.1. The van der Waals surface area contributed by atoms with Crippen molar-refractivity contribution in [2.75, 3.05) is 6.61 Å². The zero-order valence-electron chi connectivity index (χ0n) is 15.0. The number of nitrogens with zero attached hydrogens (tertiary/aromatic N) is 1. The predicted octanol–water partition coefficient (Wildman–Crippen LogP) is 4.94. The Labute approximate surface area is 157 Å². The van der Waals surface area contributed by atoms with Crippen molar-refractivity contribution in [1.82, 2.24) is 4.98 Å². The second-order valence-electron chi connectivity index (χ2n) is 6.41. The summed E-state index contributed by atoms with van der Waals surface area (Å²) in [6.07, 6.45) is 0. The number of fused-ring (bicyclic) bond motifs is 1. The van der Waals surface area contributed by atoms with Gasteiger partial charge in [0.15, 0.2) is 6.61 Å². The van der Waals surface area contributed by atoms with Crippen LogP contribution in [0.4, 0.5) is 0 Å². The largest absolute Gasteiger partial charge is 0.482 e. The standard InChI is InChI=1S/C21H20ClNO3/c1-13-4-5-16-10-17(21(22)23-19(16)9-13)11-26-20(24)12-25-18-7-14(2)6-15(3)8-18/h4-10H,11-12H2,1-3H3. The molecular weight excluding hydrogens is 350 g/mol. The van der Waals surface area contributed by atoms with E-state index in [1.54, 1.807) is 0 Å². The molecule has 0 radical (unpaired) electrons. The molecule has 0 N–H and O–H groups in total. The van der Waals surface area contributed by atoms with Gasteiger partial charge in [0.1, 0.15) is 17.5 Å². The molecule has 0 saturated carbocycles. The molecule has 0 fully saturated rings. The molecule has 0 bridgehead atoms. The van der Waals surface area contributed by atoms with E-state index in [1.165, 1.54) is 0 Å². The van der Waals surface area contributed by atoms with Gasteiger partial charge in [0.05, 0.1) is 5.52 Å². The summed E-state index contributed by atoms with van der Waals surface area (Å²) in [5.74, 6) is 0.199. The molecule has 0 aliphatic heterocycles. The summed E-state index contributed by atoms with van der Waals surface area (Å²) >= 11 is 6.21. The Morgan fingerprint density at radius 2 is 1.73 bits per heavy atom. The minimum atomic E-state index is -0.454. The number of carbonyl (C=O) groups is 1. The molecule has 1 aromatic heterocycles. The van der Waals surface area contributed by atoms with Crippen molar-refractivity contribution in [3.63, 3.8) is 0 Å². The Hall–Kier alpha value is -2.59. The zero-order valence-corrected chi connectivity index (χ0v) is 15.8. The minimum absolute atomic E-state index is 0.0602. The minimum Gasteiger partial charge on any atom is -0.482 e. The van der Waals surface area contributed by atoms with Crippen molar-refractivity contribution in [3.8, 4) is 5.75 Å². The van der Waals surface area contributed by atoms with E-state index in [9.17, 15) is 4.79 Å². The molecule has 134 valence electrons. The monoisotopic (exact) mass is 369 g/mol. The molecule has 4 nitrogen and oxygen atoms in total. The van der Waals surface area contributed by atoms with Gasteiger partial charge in [-0.15, -0.1) is 0 Å². The normalized spacial score (nSPS) is 10.8. The third-order valence-corrected chi connectivity index (χ3v) is 4.27. The summed E-state index contributed by atoms with van der Waals surface area (Å²) in [7, 11) is 0. The number of esters is 1. The maximum absolute atomic E-state index is 12.0. The fraction of sp³-hybridized carbons (Fsp3) is 0.238. The first-order chi connectivity index (χ1) is 12.4. The number of halogens is 1. The van der Waals surface area contributed by atoms with E-state index in [0.29, 0.717) is 16.5 Å². The lowest BCUT2D eigenvalue weighted by Crippen LogP contribution is -2.15. The third kappa shape index (κ3) is 4.52. The molecule has 0 atom stereocenters. The van der Waals surface area contributed by atoms with Crippen molar-refractivity contribution >= 4 is 28.5 Å². The first-order valence-corrected chi connectivity index (χ1v) is 8.71. The summed E-state index contributed by atoms with van der Waals surface area (Å²) in [6, 6.07) is 13.6. The van der Waals surface area contributed by atoms with E-state index in [0.717, 1.165) is 27.6 Å². The van der Waals surface area contributed by atoms with Crippen LogP contribution in [0, 0.1) is 20.8 Å². The number of rotatable bonds is 5. The lowest BCUT2D eigenvalue weighted by Gasteiger charge is -2.10. The smallest absolute Gasteiger partial charge is 0.344 e. The van der Waals surface area contributed by atoms with Crippen molar-refractivity contribution in [1.29, 1.82) is 0 Å². The number of benzene rings is 2. The van der Waals surface area contributed by atoms with E-state index >= 15 is 0 Å². The van der Waals surface area contributed by atoms with Gasteiger partial charge in [-0.2, -0.15) is 0 Å². The number of aryl methyl sites for hydroxylation is 3. The predicted molar refractivity (Wildman–Crippen MR) is 103 cm³/mol. The second kappa shape index (κ2) is 7.75. The maximum atomic E-state index is 12.0. The number of pyridine rings is 1.